The Morgan fingerprint density at radius 2 is 1.95 bits per heavy atom. The molecule has 0 aliphatic rings. The van der Waals surface area contributed by atoms with Gasteiger partial charge in [0.1, 0.15) is 17.7 Å². The van der Waals surface area contributed by atoms with E-state index in [1.165, 1.54) is 6.33 Å². The van der Waals surface area contributed by atoms with Crippen LogP contribution in [0, 0.1) is 0 Å². The first-order valence-corrected chi connectivity index (χ1v) is 6.13. The van der Waals surface area contributed by atoms with E-state index in [2.05, 4.69) is 24.9 Å². The molecule has 0 unspecified atom stereocenters. The van der Waals surface area contributed by atoms with Crippen molar-refractivity contribution in [3.8, 4) is 11.4 Å². The Morgan fingerprint density at radius 1 is 1.00 bits per heavy atom. The lowest BCUT2D eigenvalue weighted by Gasteiger charge is -2.02. The Morgan fingerprint density at radius 3 is 2.85 bits per heavy atom. The number of rotatable bonds is 1. The quantitative estimate of drug-likeness (QED) is 0.548. The fourth-order valence-corrected chi connectivity index (χ4v) is 2.28. The van der Waals surface area contributed by atoms with Crippen LogP contribution in [0.15, 0.2) is 42.9 Å². The molecule has 0 aliphatic heterocycles. The summed E-state index contributed by atoms with van der Waals surface area (Å²) in [6.45, 7) is 0. The van der Waals surface area contributed by atoms with E-state index >= 15 is 0 Å². The molecule has 0 bridgehead atoms. The van der Waals surface area contributed by atoms with Crippen molar-refractivity contribution < 1.29 is 0 Å². The van der Waals surface area contributed by atoms with Gasteiger partial charge in [-0.2, -0.15) is 0 Å². The molecule has 3 aromatic heterocycles. The molecule has 1 aromatic carbocycles. The zero-order chi connectivity index (χ0) is 13.5. The largest absolute Gasteiger partial charge is 0.382 e. The van der Waals surface area contributed by atoms with Gasteiger partial charge < -0.3 is 10.7 Å². The van der Waals surface area contributed by atoms with Crippen LogP contribution in [0.3, 0.4) is 0 Å². The fourth-order valence-electron chi connectivity index (χ4n) is 2.28. The van der Waals surface area contributed by atoms with Gasteiger partial charge in [-0.15, -0.1) is 0 Å². The highest BCUT2D eigenvalue weighted by atomic mass is 15.0. The van der Waals surface area contributed by atoms with Crippen LogP contribution < -0.4 is 5.73 Å². The first kappa shape index (κ1) is 10.9. The number of imidazole rings is 1. The van der Waals surface area contributed by atoms with Crippen molar-refractivity contribution in [2.75, 3.05) is 5.73 Å². The highest BCUT2D eigenvalue weighted by molar-refractivity contribution is 5.95. The summed E-state index contributed by atoms with van der Waals surface area (Å²) in [6.07, 6.45) is 3.18. The van der Waals surface area contributed by atoms with Crippen LogP contribution in [-0.4, -0.2) is 24.9 Å². The summed E-state index contributed by atoms with van der Waals surface area (Å²) in [5.74, 6) is 1.11. The molecule has 4 aromatic rings. The minimum absolute atomic E-state index is 0.395. The maximum Gasteiger partial charge on any atom is 0.183 e. The molecule has 96 valence electrons. The van der Waals surface area contributed by atoms with Crippen molar-refractivity contribution in [2.24, 2.45) is 0 Å². The third-order valence-electron chi connectivity index (χ3n) is 3.22. The van der Waals surface area contributed by atoms with Gasteiger partial charge in [-0.05, 0) is 12.1 Å². The van der Waals surface area contributed by atoms with E-state index in [1.54, 1.807) is 6.20 Å². The van der Waals surface area contributed by atoms with E-state index in [0.717, 1.165) is 16.5 Å². The number of benzene rings is 1. The number of anilines is 1. The standard InChI is InChI=1S/C14H10N6/c15-12-11-14(18-7-17-12)20-13(19-11)9-3-1-5-10-8(9)4-2-6-16-10/h1-7H,(H3,15,17,18,19,20). The van der Waals surface area contributed by atoms with Gasteiger partial charge in [0.25, 0.3) is 0 Å². The number of hydrogen-bond acceptors (Lipinski definition) is 5. The van der Waals surface area contributed by atoms with E-state index < -0.39 is 0 Å². The minimum atomic E-state index is 0.395. The van der Waals surface area contributed by atoms with Gasteiger partial charge in [0.2, 0.25) is 0 Å². The number of pyridine rings is 1. The summed E-state index contributed by atoms with van der Waals surface area (Å²) in [7, 11) is 0. The van der Waals surface area contributed by atoms with Gasteiger partial charge in [0, 0.05) is 17.1 Å². The van der Waals surface area contributed by atoms with Crippen LogP contribution in [-0.2, 0) is 0 Å². The molecule has 0 radical (unpaired) electrons. The molecule has 4 rings (SSSR count). The molecule has 0 aliphatic carbocycles. The number of hydrogen-bond donors (Lipinski definition) is 2. The number of aromatic nitrogens is 5. The summed E-state index contributed by atoms with van der Waals surface area (Å²) >= 11 is 0. The first-order chi connectivity index (χ1) is 9.83. The number of nitrogens with one attached hydrogen (secondary N) is 1. The number of nitrogen functional groups attached to an aromatic ring is 1. The minimum Gasteiger partial charge on any atom is -0.382 e. The topological polar surface area (TPSA) is 93.4 Å². The summed E-state index contributed by atoms with van der Waals surface area (Å²) in [4.78, 5) is 20.1. The Hall–Kier alpha value is -3.02. The molecule has 6 nitrogen and oxygen atoms in total. The third kappa shape index (κ3) is 1.51. The summed E-state index contributed by atoms with van der Waals surface area (Å²) in [6, 6.07) is 9.83. The van der Waals surface area contributed by atoms with Gasteiger partial charge in [0.05, 0.1) is 5.52 Å². The second-order valence-corrected chi connectivity index (χ2v) is 4.42. The van der Waals surface area contributed by atoms with Crippen LogP contribution in [0.2, 0.25) is 0 Å². The average Bonchev–Trinajstić information content (AvgIpc) is 2.92. The normalized spacial score (nSPS) is 11.2. The fraction of sp³-hybridized carbons (Fsp3) is 0. The van der Waals surface area contributed by atoms with Gasteiger partial charge >= 0.3 is 0 Å². The molecule has 0 amide bonds. The highest BCUT2D eigenvalue weighted by Crippen LogP contribution is 2.27. The molecule has 3 N–H and O–H groups in total. The molecule has 0 spiro atoms. The lowest BCUT2D eigenvalue weighted by molar-refractivity contribution is 1.21. The molecule has 0 atom stereocenters. The molecule has 0 saturated carbocycles. The smallest absolute Gasteiger partial charge is 0.183 e. The Kier molecular flexibility index (Phi) is 2.17. The van der Waals surface area contributed by atoms with E-state index in [4.69, 9.17) is 5.73 Å². The molecule has 3 heterocycles. The van der Waals surface area contributed by atoms with Crippen LogP contribution in [0.5, 0.6) is 0 Å². The number of aromatic amines is 1. The van der Waals surface area contributed by atoms with E-state index in [-0.39, 0.29) is 0 Å². The zero-order valence-corrected chi connectivity index (χ0v) is 10.4. The van der Waals surface area contributed by atoms with Crippen molar-refractivity contribution >= 4 is 27.9 Å². The lowest BCUT2D eigenvalue weighted by Crippen LogP contribution is -1.91. The number of fused-ring (bicyclic) bond motifs is 2. The molecular formula is C14H10N6. The van der Waals surface area contributed by atoms with Crippen LogP contribution in [0.25, 0.3) is 33.5 Å². The second kappa shape index (κ2) is 3.99. The summed E-state index contributed by atoms with van der Waals surface area (Å²) in [5.41, 5.74) is 8.93. The summed E-state index contributed by atoms with van der Waals surface area (Å²) < 4.78 is 0. The predicted octanol–water partition coefficient (Wildman–Crippen LogP) is 2.15. The zero-order valence-electron chi connectivity index (χ0n) is 10.4. The van der Waals surface area contributed by atoms with E-state index in [1.807, 2.05) is 30.3 Å². The number of H-pyrrole nitrogens is 1. The Balaban J connectivity index is 2.04. The monoisotopic (exact) mass is 262 g/mol. The first-order valence-electron chi connectivity index (χ1n) is 6.13. The average molecular weight is 262 g/mol. The van der Waals surface area contributed by atoms with Crippen molar-refractivity contribution in [3.05, 3.63) is 42.9 Å². The Labute approximate surface area is 113 Å². The molecular weight excluding hydrogens is 252 g/mol. The van der Waals surface area contributed by atoms with Crippen molar-refractivity contribution in [1.82, 2.24) is 24.9 Å². The molecule has 20 heavy (non-hydrogen) atoms. The van der Waals surface area contributed by atoms with Crippen LogP contribution >= 0.6 is 0 Å². The maximum absolute atomic E-state index is 5.83. The van der Waals surface area contributed by atoms with Crippen molar-refractivity contribution in [1.29, 1.82) is 0 Å². The van der Waals surface area contributed by atoms with Gasteiger partial charge in [0.15, 0.2) is 11.5 Å². The molecule has 6 heteroatoms. The third-order valence-corrected chi connectivity index (χ3v) is 3.22. The Bertz CT molecular complexity index is 922. The second-order valence-electron chi connectivity index (χ2n) is 4.42. The maximum atomic E-state index is 5.83. The van der Waals surface area contributed by atoms with Crippen LogP contribution in [0.4, 0.5) is 5.82 Å². The highest BCUT2D eigenvalue weighted by Gasteiger charge is 2.11. The predicted molar refractivity (Wildman–Crippen MR) is 76.8 cm³/mol. The summed E-state index contributed by atoms with van der Waals surface area (Å²) in [5, 5.41) is 1.03. The van der Waals surface area contributed by atoms with E-state index in [9.17, 15) is 0 Å². The van der Waals surface area contributed by atoms with Crippen molar-refractivity contribution in [2.45, 2.75) is 0 Å². The van der Waals surface area contributed by atoms with Gasteiger partial charge in [-0.3, -0.25) is 4.98 Å². The van der Waals surface area contributed by atoms with Crippen LogP contribution in [0.1, 0.15) is 0 Å². The number of nitrogens with two attached hydrogens (primary N) is 1. The number of nitrogens with zero attached hydrogens (tertiary/aromatic N) is 4. The van der Waals surface area contributed by atoms with Crippen molar-refractivity contribution in [3.63, 3.8) is 0 Å². The lowest BCUT2D eigenvalue weighted by atomic mass is 10.1. The van der Waals surface area contributed by atoms with Gasteiger partial charge in [-0.25, -0.2) is 15.0 Å². The molecule has 0 fully saturated rings. The SMILES string of the molecule is Nc1ncnc2nc(-c3cccc4ncccc34)[nH]c12. The van der Waals surface area contributed by atoms with E-state index in [0.29, 0.717) is 22.8 Å². The van der Waals surface area contributed by atoms with Gasteiger partial charge in [-0.1, -0.05) is 18.2 Å². The molecule has 0 saturated heterocycles.